The van der Waals surface area contributed by atoms with Gasteiger partial charge in [-0.05, 0) is 55.7 Å². The van der Waals surface area contributed by atoms with Gasteiger partial charge in [0.05, 0.1) is 0 Å². The van der Waals surface area contributed by atoms with Gasteiger partial charge in [0.1, 0.15) is 5.75 Å². The second-order valence-corrected chi connectivity index (χ2v) is 6.59. The van der Waals surface area contributed by atoms with Crippen LogP contribution in [-0.2, 0) is 4.79 Å². The molecule has 3 heteroatoms. The Morgan fingerprint density at radius 2 is 1.86 bits per heavy atom. The molecule has 0 spiro atoms. The van der Waals surface area contributed by atoms with E-state index < -0.39 is 0 Å². The fourth-order valence-corrected chi connectivity index (χ4v) is 3.72. The van der Waals surface area contributed by atoms with Crippen molar-refractivity contribution in [1.29, 1.82) is 0 Å². The standard InChI is InChI=1S/C18H25NO2/c1-13-6-5-9-17(14(13)2)21-12-18(20)19-10-15-7-3-4-8-16(15)11-19/h5-6,9,15-16H,3-4,7-8,10-12H2,1-2H3. The fourth-order valence-electron chi connectivity index (χ4n) is 3.72. The lowest BCUT2D eigenvalue weighted by Crippen LogP contribution is -2.33. The first-order chi connectivity index (χ1) is 10.1. The van der Waals surface area contributed by atoms with E-state index >= 15 is 0 Å². The first-order valence-corrected chi connectivity index (χ1v) is 8.12. The van der Waals surface area contributed by atoms with Crippen molar-refractivity contribution in [1.82, 2.24) is 4.90 Å². The lowest BCUT2D eigenvalue weighted by Gasteiger charge is -2.22. The number of fused-ring (bicyclic) bond motifs is 1. The monoisotopic (exact) mass is 287 g/mol. The molecule has 1 aliphatic carbocycles. The molecule has 0 aromatic heterocycles. The van der Waals surface area contributed by atoms with Crippen LogP contribution in [0.2, 0.25) is 0 Å². The average molecular weight is 287 g/mol. The molecule has 2 atom stereocenters. The molecule has 2 unspecified atom stereocenters. The molecule has 0 radical (unpaired) electrons. The van der Waals surface area contributed by atoms with E-state index in [1.165, 1.54) is 31.2 Å². The highest BCUT2D eigenvalue weighted by atomic mass is 16.5. The number of rotatable bonds is 3. The SMILES string of the molecule is Cc1cccc(OCC(=O)N2CC3CCCCC3C2)c1C. The van der Waals surface area contributed by atoms with Crippen LogP contribution in [0.15, 0.2) is 18.2 Å². The zero-order chi connectivity index (χ0) is 14.8. The highest BCUT2D eigenvalue weighted by molar-refractivity contribution is 5.78. The molecular weight excluding hydrogens is 262 g/mol. The van der Waals surface area contributed by atoms with Crippen LogP contribution in [0.4, 0.5) is 0 Å². The highest BCUT2D eigenvalue weighted by Gasteiger charge is 2.36. The van der Waals surface area contributed by atoms with Crippen LogP contribution in [0, 0.1) is 25.7 Å². The van der Waals surface area contributed by atoms with Gasteiger partial charge in [-0.2, -0.15) is 0 Å². The Kier molecular flexibility index (Phi) is 4.18. The largest absolute Gasteiger partial charge is 0.483 e. The minimum absolute atomic E-state index is 0.144. The van der Waals surface area contributed by atoms with Crippen LogP contribution < -0.4 is 4.74 Å². The molecule has 1 heterocycles. The Balaban J connectivity index is 1.56. The van der Waals surface area contributed by atoms with Crippen molar-refractivity contribution in [2.24, 2.45) is 11.8 Å². The van der Waals surface area contributed by atoms with Gasteiger partial charge in [-0.25, -0.2) is 0 Å². The summed E-state index contributed by atoms with van der Waals surface area (Å²) in [5.74, 6) is 2.46. The van der Waals surface area contributed by atoms with Gasteiger partial charge in [-0.15, -0.1) is 0 Å². The summed E-state index contributed by atoms with van der Waals surface area (Å²) in [6.45, 7) is 6.16. The predicted molar refractivity (Wildman–Crippen MR) is 83.4 cm³/mol. The second kappa shape index (κ2) is 6.08. The molecule has 114 valence electrons. The summed E-state index contributed by atoms with van der Waals surface area (Å²) in [6.07, 6.45) is 5.27. The van der Waals surface area contributed by atoms with Gasteiger partial charge in [0.15, 0.2) is 6.61 Å². The number of amides is 1. The zero-order valence-electron chi connectivity index (χ0n) is 13.1. The molecular formula is C18H25NO2. The molecule has 1 aromatic carbocycles. The van der Waals surface area contributed by atoms with Gasteiger partial charge >= 0.3 is 0 Å². The number of nitrogens with zero attached hydrogens (tertiary/aromatic N) is 1. The number of aryl methyl sites for hydroxylation is 1. The summed E-state index contributed by atoms with van der Waals surface area (Å²) < 4.78 is 5.75. The molecule has 0 N–H and O–H groups in total. The number of hydrogen-bond acceptors (Lipinski definition) is 2. The van der Waals surface area contributed by atoms with E-state index in [-0.39, 0.29) is 12.5 Å². The minimum Gasteiger partial charge on any atom is -0.483 e. The Labute approximate surface area is 127 Å². The van der Waals surface area contributed by atoms with Crippen molar-refractivity contribution >= 4 is 5.91 Å². The molecule has 0 bridgehead atoms. The van der Waals surface area contributed by atoms with E-state index in [2.05, 4.69) is 13.0 Å². The first-order valence-electron chi connectivity index (χ1n) is 8.12. The molecule has 1 amide bonds. The first kappa shape index (κ1) is 14.4. The van der Waals surface area contributed by atoms with Crippen molar-refractivity contribution < 1.29 is 9.53 Å². The van der Waals surface area contributed by atoms with Gasteiger partial charge in [0, 0.05) is 13.1 Å². The summed E-state index contributed by atoms with van der Waals surface area (Å²) in [6, 6.07) is 5.99. The van der Waals surface area contributed by atoms with E-state index in [0.717, 1.165) is 36.2 Å². The Bertz CT molecular complexity index is 512. The predicted octanol–water partition coefficient (Wildman–Crippen LogP) is 3.33. The van der Waals surface area contributed by atoms with Crippen LogP contribution in [0.5, 0.6) is 5.75 Å². The molecule has 1 saturated heterocycles. The number of hydrogen-bond donors (Lipinski definition) is 0. The van der Waals surface area contributed by atoms with E-state index in [1.54, 1.807) is 0 Å². The highest BCUT2D eigenvalue weighted by Crippen LogP contribution is 2.36. The third-order valence-corrected chi connectivity index (χ3v) is 5.24. The quantitative estimate of drug-likeness (QED) is 0.853. The van der Waals surface area contributed by atoms with Gasteiger partial charge in [0.2, 0.25) is 0 Å². The van der Waals surface area contributed by atoms with E-state index in [9.17, 15) is 4.79 Å². The smallest absolute Gasteiger partial charge is 0.260 e. The molecule has 3 nitrogen and oxygen atoms in total. The maximum Gasteiger partial charge on any atom is 0.260 e. The second-order valence-electron chi connectivity index (χ2n) is 6.59. The number of benzene rings is 1. The number of carbonyl (C=O) groups is 1. The molecule has 1 saturated carbocycles. The summed E-state index contributed by atoms with van der Waals surface area (Å²) in [5.41, 5.74) is 2.33. The van der Waals surface area contributed by atoms with Crippen molar-refractivity contribution in [3.8, 4) is 5.75 Å². The van der Waals surface area contributed by atoms with Crippen molar-refractivity contribution in [3.63, 3.8) is 0 Å². The normalized spacial score (nSPS) is 24.8. The van der Waals surface area contributed by atoms with Crippen molar-refractivity contribution in [3.05, 3.63) is 29.3 Å². The Morgan fingerprint density at radius 3 is 2.52 bits per heavy atom. The third kappa shape index (κ3) is 3.07. The van der Waals surface area contributed by atoms with E-state index in [0.29, 0.717) is 0 Å². The molecule has 2 fully saturated rings. The number of likely N-dealkylation sites (tertiary alicyclic amines) is 1. The Morgan fingerprint density at radius 1 is 1.19 bits per heavy atom. The van der Waals surface area contributed by atoms with Gasteiger partial charge in [-0.1, -0.05) is 25.0 Å². The molecule has 1 aliphatic heterocycles. The average Bonchev–Trinajstić information content (AvgIpc) is 2.92. The van der Waals surface area contributed by atoms with E-state index in [4.69, 9.17) is 4.74 Å². The van der Waals surface area contributed by atoms with Crippen molar-refractivity contribution in [2.45, 2.75) is 39.5 Å². The number of carbonyl (C=O) groups excluding carboxylic acids is 1. The van der Waals surface area contributed by atoms with Crippen LogP contribution in [0.1, 0.15) is 36.8 Å². The summed E-state index contributed by atoms with van der Waals surface area (Å²) in [4.78, 5) is 14.4. The minimum atomic E-state index is 0.144. The lowest BCUT2D eigenvalue weighted by atomic mass is 9.82. The maximum atomic E-state index is 12.4. The summed E-state index contributed by atoms with van der Waals surface area (Å²) in [5, 5.41) is 0. The van der Waals surface area contributed by atoms with Crippen LogP contribution in [0.3, 0.4) is 0 Å². The van der Waals surface area contributed by atoms with Gasteiger partial charge < -0.3 is 9.64 Å². The van der Waals surface area contributed by atoms with Crippen molar-refractivity contribution in [2.75, 3.05) is 19.7 Å². The van der Waals surface area contributed by atoms with Crippen LogP contribution in [-0.4, -0.2) is 30.5 Å². The lowest BCUT2D eigenvalue weighted by molar-refractivity contribution is -0.132. The maximum absolute atomic E-state index is 12.4. The summed E-state index contributed by atoms with van der Waals surface area (Å²) in [7, 11) is 0. The molecule has 21 heavy (non-hydrogen) atoms. The molecule has 1 aromatic rings. The van der Waals surface area contributed by atoms with E-state index in [1.807, 2.05) is 24.0 Å². The third-order valence-electron chi connectivity index (χ3n) is 5.24. The summed E-state index contributed by atoms with van der Waals surface area (Å²) >= 11 is 0. The van der Waals surface area contributed by atoms with Crippen LogP contribution in [0.25, 0.3) is 0 Å². The molecule has 2 aliphatic rings. The van der Waals surface area contributed by atoms with Gasteiger partial charge in [0.25, 0.3) is 5.91 Å². The Hall–Kier alpha value is -1.51. The molecule has 3 rings (SSSR count). The number of ether oxygens (including phenoxy) is 1. The zero-order valence-corrected chi connectivity index (χ0v) is 13.1. The van der Waals surface area contributed by atoms with Gasteiger partial charge in [-0.3, -0.25) is 4.79 Å². The fraction of sp³-hybridized carbons (Fsp3) is 0.611. The van der Waals surface area contributed by atoms with Crippen LogP contribution >= 0.6 is 0 Å². The topological polar surface area (TPSA) is 29.5 Å².